The fourth-order valence-electron chi connectivity index (χ4n) is 4.28. The zero-order valence-corrected chi connectivity index (χ0v) is 17.4. The normalized spacial score (nSPS) is 25.1. The number of ketones is 1. The lowest BCUT2D eigenvalue weighted by atomic mass is 9.73. The minimum atomic E-state index is -1.01. The fourth-order valence-corrected chi connectivity index (χ4v) is 4.28. The second-order valence-corrected chi connectivity index (χ2v) is 8.25. The van der Waals surface area contributed by atoms with Crippen LogP contribution in [-0.2, 0) is 14.3 Å². The molecule has 0 radical (unpaired) electrons. The van der Waals surface area contributed by atoms with Gasteiger partial charge >= 0.3 is 12.0 Å². The Morgan fingerprint density at radius 3 is 2.69 bits per heavy atom. The molecule has 29 heavy (non-hydrogen) atoms. The topological polar surface area (TPSA) is 92.8 Å². The van der Waals surface area contributed by atoms with Gasteiger partial charge in [-0.1, -0.05) is 37.5 Å². The molecule has 1 aliphatic heterocycles. The lowest BCUT2D eigenvalue weighted by Crippen LogP contribution is -2.54. The molecule has 3 rings (SSSR count). The molecule has 7 nitrogen and oxygen atoms in total. The third kappa shape index (κ3) is 3.91. The number of amides is 3. The molecular formula is C22H28N2O5. The van der Waals surface area contributed by atoms with E-state index in [0.29, 0.717) is 12.0 Å². The molecule has 3 atom stereocenters. The first-order valence-corrected chi connectivity index (χ1v) is 10.1. The van der Waals surface area contributed by atoms with E-state index in [1.807, 2.05) is 32.9 Å². The summed E-state index contributed by atoms with van der Waals surface area (Å²) >= 11 is 0. The number of aryl methyl sites for hydroxylation is 2. The van der Waals surface area contributed by atoms with Crippen molar-refractivity contribution in [2.45, 2.75) is 65.0 Å². The van der Waals surface area contributed by atoms with E-state index < -0.39 is 30.2 Å². The highest BCUT2D eigenvalue weighted by atomic mass is 16.5. The lowest BCUT2D eigenvalue weighted by molar-refractivity contribution is -0.150. The third-order valence-corrected chi connectivity index (χ3v) is 6.12. The molecule has 1 N–H and O–H groups in total. The first kappa shape index (κ1) is 21.0. The largest absolute Gasteiger partial charge is 0.453 e. The molecular weight excluding hydrogens is 372 g/mol. The van der Waals surface area contributed by atoms with Gasteiger partial charge in [0.1, 0.15) is 12.1 Å². The summed E-state index contributed by atoms with van der Waals surface area (Å²) in [4.78, 5) is 51.3. The maximum absolute atomic E-state index is 12.9. The van der Waals surface area contributed by atoms with Gasteiger partial charge in [0.15, 0.2) is 6.10 Å². The van der Waals surface area contributed by atoms with Gasteiger partial charge < -0.3 is 10.1 Å². The number of ether oxygens (including phenoxy) is 1. The molecule has 1 aliphatic carbocycles. The highest BCUT2D eigenvalue weighted by Crippen LogP contribution is 2.38. The number of nitrogens with zero attached hydrogens (tertiary/aromatic N) is 1. The highest BCUT2D eigenvalue weighted by molar-refractivity contribution is 6.09. The quantitative estimate of drug-likeness (QED) is 0.466. The molecule has 1 spiro atoms. The maximum Gasteiger partial charge on any atom is 0.326 e. The average Bonchev–Trinajstić information content (AvgIpc) is 2.90. The van der Waals surface area contributed by atoms with E-state index >= 15 is 0 Å². The number of carbonyl (C=O) groups is 4. The summed E-state index contributed by atoms with van der Waals surface area (Å²) in [5.41, 5.74) is 1.31. The summed E-state index contributed by atoms with van der Waals surface area (Å²) in [6, 6.07) is 4.93. The van der Waals surface area contributed by atoms with Gasteiger partial charge in [0.25, 0.3) is 5.91 Å². The number of hydrogen-bond acceptors (Lipinski definition) is 5. The van der Waals surface area contributed by atoms with Crippen molar-refractivity contribution in [3.8, 4) is 0 Å². The number of benzene rings is 1. The van der Waals surface area contributed by atoms with Crippen molar-refractivity contribution in [2.75, 3.05) is 6.54 Å². The number of nitrogens with one attached hydrogen (secondary N) is 1. The Hall–Kier alpha value is -2.70. The molecule has 1 saturated carbocycles. The van der Waals surface area contributed by atoms with E-state index in [4.69, 9.17) is 4.74 Å². The molecule has 0 unspecified atom stereocenters. The molecule has 7 heteroatoms. The predicted octanol–water partition coefficient (Wildman–Crippen LogP) is 2.92. The minimum Gasteiger partial charge on any atom is -0.453 e. The van der Waals surface area contributed by atoms with Crippen LogP contribution in [-0.4, -0.2) is 46.8 Å². The van der Waals surface area contributed by atoms with E-state index in [9.17, 15) is 19.2 Å². The van der Waals surface area contributed by atoms with Crippen LogP contribution in [0.15, 0.2) is 18.2 Å². The number of hydrogen-bond donors (Lipinski definition) is 1. The lowest BCUT2D eigenvalue weighted by Gasteiger charge is -2.36. The molecule has 1 heterocycles. The van der Waals surface area contributed by atoms with E-state index in [0.717, 1.165) is 35.3 Å². The van der Waals surface area contributed by atoms with E-state index in [1.165, 1.54) is 6.92 Å². The molecule has 2 fully saturated rings. The van der Waals surface area contributed by atoms with Crippen LogP contribution in [0.3, 0.4) is 0 Å². The Morgan fingerprint density at radius 2 is 2.00 bits per heavy atom. The van der Waals surface area contributed by atoms with Crippen LogP contribution in [0.25, 0.3) is 0 Å². The van der Waals surface area contributed by atoms with Crippen LogP contribution >= 0.6 is 0 Å². The summed E-state index contributed by atoms with van der Waals surface area (Å²) in [5, 5.41) is 2.80. The summed E-state index contributed by atoms with van der Waals surface area (Å²) in [5.74, 6) is -1.45. The fraction of sp³-hybridized carbons (Fsp3) is 0.545. The zero-order chi connectivity index (χ0) is 21.3. The molecule has 156 valence electrons. The van der Waals surface area contributed by atoms with Crippen molar-refractivity contribution in [2.24, 2.45) is 5.92 Å². The number of imide groups is 1. The Kier molecular flexibility index (Phi) is 5.78. The van der Waals surface area contributed by atoms with Gasteiger partial charge in [-0.05, 0) is 51.2 Å². The van der Waals surface area contributed by atoms with Gasteiger partial charge in [0.05, 0.1) is 0 Å². The smallest absolute Gasteiger partial charge is 0.326 e. The number of rotatable bonds is 5. The van der Waals surface area contributed by atoms with Crippen molar-refractivity contribution in [1.29, 1.82) is 0 Å². The minimum absolute atomic E-state index is 0.0125. The molecule has 1 aromatic rings. The van der Waals surface area contributed by atoms with Gasteiger partial charge in [-0.25, -0.2) is 4.79 Å². The van der Waals surface area contributed by atoms with Gasteiger partial charge in [0, 0.05) is 5.56 Å². The first-order chi connectivity index (χ1) is 13.7. The van der Waals surface area contributed by atoms with Crippen molar-refractivity contribution in [1.82, 2.24) is 10.2 Å². The first-order valence-electron chi connectivity index (χ1n) is 10.1. The average molecular weight is 400 g/mol. The predicted molar refractivity (Wildman–Crippen MR) is 106 cm³/mol. The van der Waals surface area contributed by atoms with Crippen LogP contribution < -0.4 is 5.32 Å². The van der Waals surface area contributed by atoms with Crippen molar-refractivity contribution in [3.05, 3.63) is 34.9 Å². The number of Topliss-reactive ketones (excluding diaryl/α,β-unsaturated/α-hetero) is 1. The molecule has 2 aliphatic rings. The summed E-state index contributed by atoms with van der Waals surface area (Å²) < 4.78 is 5.26. The van der Waals surface area contributed by atoms with E-state index in [-0.39, 0.29) is 17.6 Å². The summed E-state index contributed by atoms with van der Waals surface area (Å²) in [6.07, 6.45) is 2.30. The molecule has 0 aromatic heterocycles. The molecule has 1 saturated heterocycles. The van der Waals surface area contributed by atoms with Gasteiger partial charge in [-0.2, -0.15) is 0 Å². The maximum atomic E-state index is 12.9. The van der Waals surface area contributed by atoms with Crippen LogP contribution in [0.1, 0.15) is 61.0 Å². The van der Waals surface area contributed by atoms with Gasteiger partial charge in [-0.3, -0.25) is 19.3 Å². The number of carbonyl (C=O) groups excluding carboxylic acids is 4. The van der Waals surface area contributed by atoms with E-state index in [1.54, 1.807) is 6.07 Å². The molecule has 3 amide bonds. The Balaban J connectivity index is 1.66. The standard InChI is InChI=1S/C22H28N2O5/c1-13-8-9-14(2)17(11-13)19(26)16(4)29-18(25)12-24-20(27)22(23-21(24)28)10-6-5-7-15(22)3/h8-9,11,15-16H,5-7,10,12H2,1-4H3,(H,23,28)/t15-,16+,22+/m0/s1. The Bertz CT molecular complexity index is 865. The molecule has 0 bridgehead atoms. The van der Waals surface area contributed by atoms with E-state index in [2.05, 4.69) is 5.32 Å². The van der Waals surface area contributed by atoms with Crippen molar-refractivity contribution in [3.63, 3.8) is 0 Å². The summed E-state index contributed by atoms with van der Waals surface area (Å²) in [7, 11) is 0. The van der Waals surface area contributed by atoms with Crippen LogP contribution in [0.5, 0.6) is 0 Å². The number of urea groups is 1. The van der Waals surface area contributed by atoms with Crippen molar-refractivity contribution >= 4 is 23.7 Å². The van der Waals surface area contributed by atoms with Crippen molar-refractivity contribution < 1.29 is 23.9 Å². The highest BCUT2D eigenvalue weighted by Gasteiger charge is 2.55. The van der Waals surface area contributed by atoms with Crippen LogP contribution in [0, 0.1) is 19.8 Å². The Labute approximate surface area is 170 Å². The van der Waals surface area contributed by atoms with Crippen LogP contribution in [0.2, 0.25) is 0 Å². The molecule has 1 aromatic carbocycles. The van der Waals surface area contributed by atoms with Gasteiger partial charge in [0.2, 0.25) is 5.78 Å². The van der Waals surface area contributed by atoms with Gasteiger partial charge in [-0.15, -0.1) is 0 Å². The Morgan fingerprint density at radius 1 is 1.28 bits per heavy atom. The summed E-state index contributed by atoms with van der Waals surface area (Å²) in [6.45, 7) is 6.65. The monoisotopic (exact) mass is 400 g/mol. The zero-order valence-electron chi connectivity index (χ0n) is 17.4. The second kappa shape index (κ2) is 7.97. The SMILES string of the molecule is Cc1ccc(C)c(C(=O)[C@@H](C)OC(=O)CN2C(=O)N[C@@]3(CCCC[C@@H]3C)C2=O)c1. The second-order valence-electron chi connectivity index (χ2n) is 8.25. The van der Waals surface area contributed by atoms with Crippen LogP contribution in [0.4, 0.5) is 4.79 Å². The number of esters is 1. The third-order valence-electron chi connectivity index (χ3n) is 6.12.